The summed E-state index contributed by atoms with van der Waals surface area (Å²) in [4.78, 5) is 2.78. The Kier molecular flexibility index (Phi) is 4.34. The molecule has 2 saturated heterocycles. The Bertz CT molecular complexity index is 462. The lowest BCUT2D eigenvalue weighted by molar-refractivity contribution is 0.104. The molecule has 4 rings (SSSR count). The van der Waals surface area contributed by atoms with Crippen LogP contribution in [0.2, 0.25) is 0 Å². The molecule has 1 aromatic carbocycles. The van der Waals surface area contributed by atoms with E-state index in [4.69, 9.17) is 0 Å². The summed E-state index contributed by atoms with van der Waals surface area (Å²) in [6.45, 7) is 3.84. The average molecular weight is 293 g/mol. The van der Waals surface area contributed by atoms with Gasteiger partial charge in [-0.15, -0.1) is 12.4 Å². The van der Waals surface area contributed by atoms with Gasteiger partial charge in [-0.3, -0.25) is 4.90 Å². The molecule has 0 aromatic heterocycles. The van der Waals surface area contributed by atoms with Crippen molar-refractivity contribution in [3.8, 4) is 0 Å². The van der Waals surface area contributed by atoms with Crippen LogP contribution in [0.4, 0.5) is 0 Å². The van der Waals surface area contributed by atoms with Crippen molar-refractivity contribution >= 4 is 12.4 Å². The molecule has 3 atom stereocenters. The molecule has 3 aliphatic rings. The topological polar surface area (TPSA) is 15.3 Å². The highest BCUT2D eigenvalue weighted by atomic mass is 35.5. The van der Waals surface area contributed by atoms with Crippen molar-refractivity contribution in [1.29, 1.82) is 0 Å². The zero-order chi connectivity index (χ0) is 12.7. The lowest BCUT2D eigenvalue weighted by Gasteiger charge is -2.42. The molecule has 0 saturated carbocycles. The fourth-order valence-corrected chi connectivity index (χ4v) is 4.47. The van der Waals surface area contributed by atoms with E-state index in [0.717, 1.165) is 12.0 Å². The summed E-state index contributed by atoms with van der Waals surface area (Å²) in [5, 5.41) is 3.67. The number of aryl methyl sites for hydroxylation is 1. The molecule has 1 N–H and O–H groups in total. The Morgan fingerprint density at radius 1 is 1.10 bits per heavy atom. The van der Waals surface area contributed by atoms with Crippen molar-refractivity contribution in [2.45, 2.75) is 44.2 Å². The Balaban J connectivity index is 0.00000121. The number of hydrogen-bond donors (Lipinski definition) is 1. The van der Waals surface area contributed by atoms with Gasteiger partial charge in [0, 0.05) is 25.2 Å². The van der Waals surface area contributed by atoms with Gasteiger partial charge in [-0.25, -0.2) is 0 Å². The van der Waals surface area contributed by atoms with Gasteiger partial charge < -0.3 is 5.32 Å². The van der Waals surface area contributed by atoms with Crippen LogP contribution in [-0.4, -0.2) is 30.6 Å². The summed E-state index contributed by atoms with van der Waals surface area (Å²) < 4.78 is 0. The Morgan fingerprint density at radius 2 is 2.00 bits per heavy atom. The first kappa shape index (κ1) is 14.4. The Hall–Kier alpha value is -0.570. The second kappa shape index (κ2) is 6.05. The smallest absolute Gasteiger partial charge is 0.0351 e. The van der Waals surface area contributed by atoms with Gasteiger partial charge in [0.05, 0.1) is 0 Å². The number of nitrogens with one attached hydrogen (secondary N) is 1. The molecule has 2 fully saturated rings. The number of hydrogen-bond acceptors (Lipinski definition) is 2. The molecule has 0 bridgehead atoms. The predicted molar refractivity (Wildman–Crippen MR) is 85.5 cm³/mol. The highest BCUT2D eigenvalue weighted by Crippen LogP contribution is 2.37. The Labute approximate surface area is 128 Å². The van der Waals surface area contributed by atoms with Gasteiger partial charge >= 0.3 is 0 Å². The molecular formula is C17H25ClN2. The van der Waals surface area contributed by atoms with Crippen LogP contribution in [0, 0.1) is 5.92 Å². The monoisotopic (exact) mass is 292 g/mol. The zero-order valence-corrected chi connectivity index (χ0v) is 12.9. The number of likely N-dealkylation sites (tertiary alicyclic amines) is 1. The number of nitrogens with zero attached hydrogens (tertiary/aromatic N) is 1. The van der Waals surface area contributed by atoms with Crippen LogP contribution in [0.1, 0.15) is 42.9 Å². The van der Waals surface area contributed by atoms with Crippen LogP contribution in [0.3, 0.4) is 0 Å². The summed E-state index contributed by atoms with van der Waals surface area (Å²) in [5.41, 5.74) is 3.23. The first-order valence-corrected chi connectivity index (χ1v) is 7.97. The van der Waals surface area contributed by atoms with E-state index in [1.54, 1.807) is 11.1 Å². The van der Waals surface area contributed by atoms with Crippen LogP contribution in [-0.2, 0) is 6.42 Å². The molecule has 3 unspecified atom stereocenters. The van der Waals surface area contributed by atoms with Crippen molar-refractivity contribution < 1.29 is 0 Å². The molecule has 1 aliphatic carbocycles. The summed E-state index contributed by atoms with van der Waals surface area (Å²) in [7, 11) is 0. The van der Waals surface area contributed by atoms with E-state index in [1.165, 1.54) is 51.7 Å². The minimum absolute atomic E-state index is 0. The molecule has 0 amide bonds. The van der Waals surface area contributed by atoms with Crippen molar-refractivity contribution in [2.24, 2.45) is 5.92 Å². The van der Waals surface area contributed by atoms with Gasteiger partial charge in [0.25, 0.3) is 0 Å². The average Bonchev–Trinajstić information content (AvgIpc) is 2.94. The van der Waals surface area contributed by atoms with Gasteiger partial charge in [0.15, 0.2) is 0 Å². The summed E-state index contributed by atoms with van der Waals surface area (Å²) >= 11 is 0. The molecule has 3 heteroatoms. The Morgan fingerprint density at radius 3 is 2.95 bits per heavy atom. The van der Waals surface area contributed by atoms with Crippen LogP contribution in [0.25, 0.3) is 0 Å². The lowest BCUT2D eigenvalue weighted by atomic mass is 9.84. The van der Waals surface area contributed by atoms with Gasteiger partial charge in [-0.1, -0.05) is 24.3 Å². The molecule has 110 valence electrons. The molecular weight excluding hydrogens is 268 g/mol. The van der Waals surface area contributed by atoms with Gasteiger partial charge in [-0.05, 0) is 55.7 Å². The number of halogens is 1. The predicted octanol–water partition coefficient (Wildman–Crippen LogP) is 3.17. The summed E-state index contributed by atoms with van der Waals surface area (Å²) in [6.07, 6.45) is 6.75. The summed E-state index contributed by atoms with van der Waals surface area (Å²) in [6, 6.07) is 10.7. The molecule has 0 spiro atoms. The maximum absolute atomic E-state index is 3.67. The summed E-state index contributed by atoms with van der Waals surface area (Å²) in [5.74, 6) is 0.905. The van der Waals surface area contributed by atoms with Crippen molar-refractivity contribution in [2.75, 3.05) is 19.6 Å². The van der Waals surface area contributed by atoms with E-state index in [9.17, 15) is 0 Å². The molecule has 2 heterocycles. The molecule has 2 aliphatic heterocycles. The fraction of sp³-hybridized carbons (Fsp3) is 0.647. The normalized spacial score (nSPS) is 33.1. The van der Waals surface area contributed by atoms with Crippen molar-refractivity contribution in [3.05, 3.63) is 35.4 Å². The van der Waals surface area contributed by atoms with Gasteiger partial charge in [0.1, 0.15) is 0 Å². The number of benzene rings is 1. The van der Waals surface area contributed by atoms with Gasteiger partial charge in [-0.2, -0.15) is 0 Å². The maximum atomic E-state index is 3.67. The number of piperidine rings is 1. The first-order valence-electron chi connectivity index (χ1n) is 7.97. The minimum atomic E-state index is 0. The van der Waals surface area contributed by atoms with E-state index < -0.39 is 0 Å². The molecule has 1 aromatic rings. The first-order chi connectivity index (χ1) is 9.42. The fourth-order valence-electron chi connectivity index (χ4n) is 4.47. The van der Waals surface area contributed by atoms with E-state index >= 15 is 0 Å². The van der Waals surface area contributed by atoms with Crippen molar-refractivity contribution in [1.82, 2.24) is 10.2 Å². The van der Waals surface area contributed by atoms with E-state index in [0.29, 0.717) is 6.04 Å². The van der Waals surface area contributed by atoms with E-state index in [-0.39, 0.29) is 12.4 Å². The molecule has 0 radical (unpaired) electrons. The standard InChI is InChI=1S/C17H24N2.ClH/c1-2-6-15-13(4-1)5-3-7-17(15)19-11-9-16-14(12-19)8-10-18-16;/h1-2,4,6,14,16-18H,3,5,7-12H2;1H. The van der Waals surface area contributed by atoms with Gasteiger partial charge in [0.2, 0.25) is 0 Å². The lowest BCUT2D eigenvalue weighted by Crippen LogP contribution is -2.46. The third-order valence-corrected chi connectivity index (χ3v) is 5.47. The second-order valence-corrected chi connectivity index (χ2v) is 6.50. The minimum Gasteiger partial charge on any atom is -0.314 e. The third-order valence-electron chi connectivity index (χ3n) is 5.47. The van der Waals surface area contributed by atoms with Crippen LogP contribution in [0.15, 0.2) is 24.3 Å². The zero-order valence-electron chi connectivity index (χ0n) is 12.1. The highest BCUT2D eigenvalue weighted by molar-refractivity contribution is 5.85. The van der Waals surface area contributed by atoms with Crippen LogP contribution >= 0.6 is 12.4 Å². The second-order valence-electron chi connectivity index (χ2n) is 6.50. The van der Waals surface area contributed by atoms with Crippen molar-refractivity contribution in [3.63, 3.8) is 0 Å². The molecule has 2 nitrogen and oxygen atoms in total. The maximum Gasteiger partial charge on any atom is 0.0351 e. The van der Waals surface area contributed by atoms with Crippen LogP contribution < -0.4 is 5.32 Å². The third kappa shape index (κ3) is 2.49. The van der Waals surface area contributed by atoms with Crippen LogP contribution in [0.5, 0.6) is 0 Å². The highest BCUT2D eigenvalue weighted by Gasteiger charge is 2.36. The quantitative estimate of drug-likeness (QED) is 0.855. The molecule has 20 heavy (non-hydrogen) atoms. The largest absolute Gasteiger partial charge is 0.314 e. The number of rotatable bonds is 1. The number of fused-ring (bicyclic) bond motifs is 2. The SMILES string of the molecule is Cl.c1ccc2c(c1)CCCC2N1CCC2NCCC2C1. The van der Waals surface area contributed by atoms with E-state index in [2.05, 4.69) is 34.5 Å². The van der Waals surface area contributed by atoms with E-state index in [1.807, 2.05) is 0 Å².